The van der Waals surface area contributed by atoms with Crippen molar-refractivity contribution in [2.75, 3.05) is 11.4 Å². The third-order valence-corrected chi connectivity index (χ3v) is 4.90. The predicted molar refractivity (Wildman–Crippen MR) is 116 cm³/mol. The highest BCUT2D eigenvalue weighted by Crippen LogP contribution is 2.22. The van der Waals surface area contributed by atoms with Crippen molar-refractivity contribution < 1.29 is 9.59 Å². The summed E-state index contributed by atoms with van der Waals surface area (Å²) in [7, 11) is 0. The molecule has 2 aromatic carbocycles. The summed E-state index contributed by atoms with van der Waals surface area (Å²) in [6, 6.07) is 17.1. The van der Waals surface area contributed by atoms with E-state index in [0.29, 0.717) is 18.8 Å². The number of carbonyl (C=O) groups excluding carboxylic acids is 2. The Bertz CT molecular complexity index is 981. The maximum absolute atomic E-state index is 13.2. The number of anilines is 1. The minimum absolute atomic E-state index is 0.00981. The van der Waals surface area contributed by atoms with Crippen LogP contribution in [0.3, 0.4) is 0 Å². The topological polar surface area (TPSA) is 67.2 Å². The molecule has 152 valence electrons. The molecule has 3 rings (SSSR count). The molecule has 1 heterocycles. The molecule has 1 aromatic heterocycles. The fourth-order valence-electron chi connectivity index (χ4n) is 3.53. The second kappa shape index (κ2) is 9.37. The molecule has 29 heavy (non-hydrogen) atoms. The highest BCUT2D eigenvalue weighted by molar-refractivity contribution is 5.94. The number of hydrogen-bond acceptors (Lipinski definition) is 3. The number of aromatic nitrogens is 2. The zero-order valence-electron chi connectivity index (χ0n) is 17.3. The Morgan fingerprint density at radius 2 is 1.76 bits per heavy atom. The molecule has 1 N–H and O–H groups in total. The Hall–Kier alpha value is -3.15. The summed E-state index contributed by atoms with van der Waals surface area (Å²) < 4.78 is 1.92. The van der Waals surface area contributed by atoms with E-state index in [1.54, 1.807) is 4.90 Å². The number of nitrogens with zero attached hydrogens (tertiary/aromatic N) is 3. The summed E-state index contributed by atoms with van der Waals surface area (Å²) in [5.41, 5.74) is 2.57. The van der Waals surface area contributed by atoms with Gasteiger partial charge in [-0.3, -0.25) is 9.59 Å². The molecule has 0 spiro atoms. The van der Waals surface area contributed by atoms with E-state index >= 15 is 0 Å². The molecule has 0 saturated heterocycles. The van der Waals surface area contributed by atoms with Crippen LogP contribution < -0.4 is 10.2 Å². The van der Waals surface area contributed by atoms with Gasteiger partial charge in [-0.05, 0) is 44.5 Å². The van der Waals surface area contributed by atoms with Crippen LogP contribution in [0.1, 0.15) is 45.5 Å². The first kappa shape index (κ1) is 20.6. The summed E-state index contributed by atoms with van der Waals surface area (Å²) in [4.78, 5) is 31.7. The van der Waals surface area contributed by atoms with Crippen LogP contribution in [-0.4, -0.2) is 27.9 Å². The second-order valence-corrected chi connectivity index (χ2v) is 7.06. The minimum atomic E-state index is -0.291. The number of fused-ring (bicyclic) bond motifs is 1. The van der Waals surface area contributed by atoms with E-state index in [9.17, 15) is 9.59 Å². The van der Waals surface area contributed by atoms with Crippen LogP contribution in [0.5, 0.6) is 0 Å². The van der Waals surface area contributed by atoms with Crippen LogP contribution in [0.25, 0.3) is 11.0 Å². The number of rotatable bonds is 8. The van der Waals surface area contributed by atoms with Crippen LogP contribution in [0.4, 0.5) is 5.69 Å². The molecule has 0 aliphatic carbocycles. The lowest BCUT2D eigenvalue weighted by atomic mass is 10.2. The van der Waals surface area contributed by atoms with Gasteiger partial charge in [0, 0.05) is 18.7 Å². The standard InChI is InChI=1S/C23H28N4O2/c1-4-11-21(28)24-17(3)23-25-19-14-9-10-15-20(19)27(23)16-22(29)26(5-2)18-12-7-6-8-13-18/h6-10,12-15,17H,4-5,11,16H2,1-3H3,(H,24,28). The molecule has 0 fully saturated rings. The first-order chi connectivity index (χ1) is 14.0. The first-order valence-corrected chi connectivity index (χ1v) is 10.1. The van der Waals surface area contributed by atoms with Crippen molar-refractivity contribution in [3.8, 4) is 0 Å². The number of nitrogens with one attached hydrogen (secondary N) is 1. The van der Waals surface area contributed by atoms with Gasteiger partial charge in [-0.15, -0.1) is 0 Å². The molecule has 0 saturated carbocycles. The van der Waals surface area contributed by atoms with Gasteiger partial charge >= 0.3 is 0 Å². The molecule has 3 aromatic rings. The van der Waals surface area contributed by atoms with Gasteiger partial charge in [0.15, 0.2) is 0 Å². The first-order valence-electron chi connectivity index (χ1n) is 10.1. The summed E-state index contributed by atoms with van der Waals surface area (Å²) in [5.74, 6) is 0.660. The lowest BCUT2D eigenvalue weighted by Gasteiger charge is -2.23. The fourth-order valence-corrected chi connectivity index (χ4v) is 3.53. The highest BCUT2D eigenvalue weighted by atomic mass is 16.2. The Balaban J connectivity index is 1.93. The summed E-state index contributed by atoms with van der Waals surface area (Å²) >= 11 is 0. The Morgan fingerprint density at radius 3 is 2.45 bits per heavy atom. The third kappa shape index (κ3) is 4.65. The van der Waals surface area contributed by atoms with Gasteiger partial charge in [-0.2, -0.15) is 0 Å². The molecular formula is C23H28N4O2. The van der Waals surface area contributed by atoms with E-state index in [-0.39, 0.29) is 24.4 Å². The quantitative estimate of drug-likeness (QED) is 0.628. The molecule has 6 nitrogen and oxygen atoms in total. The summed E-state index contributed by atoms with van der Waals surface area (Å²) in [6.07, 6.45) is 1.26. The lowest BCUT2D eigenvalue weighted by Crippen LogP contribution is -2.35. The molecule has 2 amide bonds. The highest BCUT2D eigenvalue weighted by Gasteiger charge is 2.22. The van der Waals surface area contributed by atoms with Crippen molar-refractivity contribution >= 4 is 28.5 Å². The van der Waals surface area contributed by atoms with Crippen LogP contribution in [0.2, 0.25) is 0 Å². The van der Waals surface area contributed by atoms with E-state index in [1.807, 2.05) is 79.9 Å². The van der Waals surface area contributed by atoms with E-state index < -0.39 is 0 Å². The number of hydrogen-bond donors (Lipinski definition) is 1. The summed E-state index contributed by atoms with van der Waals surface area (Å²) in [5, 5.41) is 3.00. The number of benzene rings is 2. The van der Waals surface area contributed by atoms with Crippen LogP contribution in [0, 0.1) is 0 Å². The number of amides is 2. The maximum atomic E-state index is 13.2. The minimum Gasteiger partial charge on any atom is -0.346 e. The average molecular weight is 393 g/mol. The van der Waals surface area contributed by atoms with Crippen LogP contribution >= 0.6 is 0 Å². The summed E-state index contributed by atoms with van der Waals surface area (Å²) in [6.45, 7) is 6.58. The Morgan fingerprint density at radius 1 is 1.07 bits per heavy atom. The van der Waals surface area contributed by atoms with Gasteiger partial charge in [0.1, 0.15) is 12.4 Å². The average Bonchev–Trinajstić information content (AvgIpc) is 3.08. The monoisotopic (exact) mass is 392 g/mol. The zero-order chi connectivity index (χ0) is 20.8. The smallest absolute Gasteiger partial charge is 0.246 e. The molecule has 0 aliphatic heterocycles. The van der Waals surface area contributed by atoms with Crippen molar-refractivity contribution in [3.63, 3.8) is 0 Å². The molecule has 0 aliphatic rings. The van der Waals surface area contributed by atoms with Gasteiger partial charge in [0.2, 0.25) is 11.8 Å². The van der Waals surface area contributed by atoms with Crippen LogP contribution in [-0.2, 0) is 16.1 Å². The van der Waals surface area contributed by atoms with Gasteiger partial charge in [0.25, 0.3) is 0 Å². The van der Waals surface area contributed by atoms with Gasteiger partial charge in [-0.25, -0.2) is 4.98 Å². The van der Waals surface area contributed by atoms with E-state index in [4.69, 9.17) is 4.98 Å². The molecule has 1 atom stereocenters. The lowest BCUT2D eigenvalue weighted by molar-refractivity contribution is -0.121. The van der Waals surface area contributed by atoms with E-state index in [1.165, 1.54) is 0 Å². The predicted octanol–water partition coefficient (Wildman–Crippen LogP) is 4.07. The van der Waals surface area contributed by atoms with Crippen molar-refractivity contribution in [1.29, 1.82) is 0 Å². The number of likely N-dealkylation sites (N-methyl/N-ethyl adjacent to an activating group) is 1. The van der Waals surface area contributed by atoms with Gasteiger partial charge in [-0.1, -0.05) is 37.3 Å². The Kier molecular flexibility index (Phi) is 6.65. The number of imidazole rings is 1. The molecular weight excluding hydrogens is 364 g/mol. The fraction of sp³-hybridized carbons (Fsp3) is 0.348. The van der Waals surface area contributed by atoms with Gasteiger partial charge in [0.05, 0.1) is 17.1 Å². The van der Waals surface area contributed by atoms with Crippen molar-refractivity contribution in [2.45, 2.75) is 46.2 Å². The van der Waals surface area contributed by atoms with Crippen molar-refractivity contribution in [2.24, 2.45) is 0 Å². The van der Waals surface area contributed by atoms with Crippen LogP contribution in [0.15, 0.2) is 54.6 Å². The number of carbonyl (C=O) groups is 2. The molecule has 6 heteroatoms. The van der Waals surface area contributed by atoms with Crippen molar-refractivity contribution in [1.82, 2.24) is 14.9 Å². The molecule has 1 unspecified atom stereocenters. The second-order valence-electron chi connectivity index (χ2n) is 7.06. The largest absolute Gasteiger partial charge is 0.346 e. The number of para-hydroxylation sites is 3. The van der Waals surface area contributed by atoms with Crippen molar-refractivity contribution in [3.05, 3.63) is 60.4 Å². The zero-order valence-corrected chi connectivity index (χ0v) is 17.3. The maximum Gasteiger partial charge on any atom is 0.246 e. The molecule has 0 radical (unpaired) electrons. The normalized spacial score (nSPS) is 12.0. The molecule has 0 bridgehead atoms. The van der Waals surface area contributed by atoms with E-state index in [0.717, 1.165) is 23.1 Å². The Labute approximate surface area is 171 Å². The van der Waals surface area contributed by atoms with E-state index in [2.05, 4.69) is 5.32 Å². The SMILES string of the molecule is CCCC(=O)NC(C)c1nc2ccccc2n1CC(=O)N(CC)c1ccccc1. The van der Waals surface area contributed by atoms with Gasteiger partial charge < -0.3 is 14.8 Å². The third-order valence-electron chi connectivity index (χ3n) is 4.90.